The minimum Gasteiger partial charge on any atom is -0.313 e. The van der Waals surface area contributed by atoms with E-state index >= 15 is 0 Å². The van der Waals surface area contributed by atoms with Crippen LogP contribution in [0, 0.1) is 0 Å². The van der Waals surface area contributed by atoms with E-state index in [1.54, 1.807) is 6.07 Å². The molecule has 2 aromatic heterocycles. The first-order chi connectivity index (χ1) is 14.8. The number of nitrogen functional groups attached to an aromatic ring is 1. The second-order valence-electron chi connectivity index (χ2n) is 8.44. The fourth-order valence-corrected chi connectivity index (χ4v) is 3.59. The molecule has 0 aliphatic heterocycles. The van der Waals surface area contributed by atoms with Gasteiger partial charge in [0.1, 0.15) is 11.6 Å². The number of hydrogen-bond donors (Lipinski definition) is 2. The zero-order valence-corrected chi connectivity index (χ0v) is 18.8. The molecule has 0 bridgehead atoms. The van der Waals surface area contributed by atoms with Crippen molar-refractivity contribution in [3.63, 3.8) is 0 Å². The highest BCUT2D eigenvalue weighted by molar-refractivity contribution is 6.31. The molecule has 158 valence electrons. The molecule has 7 heteroatoms. The number of aromatic nitrogens is 3. The van der Waals surface area contributed by atoms with Crippen molar-refractivity contribution in [3.05, 3.63) is 71.2 Å². The highest BCUT2D eigenvalue weighted by Crippen LogP contribution is 2.32. The number of nitrogens with one attached hydrogen (secondary N) is 1. The van der Waals surface area contributed by atoms with E-state index in [1.165, 1.54) is 5.56 Å². The third-order valence-corrected chi connectivity index (χ3v) is 5.45. The third kappa shape index (κ3) is 4.31. The molecular weight excluding hydrogens is 408 g/mol. The summed E-state index contributed by atoms with van der Waals surface area (Å²) in [7, 11) is 1.92. The van der Waals surface area contributed by atoms with Crippen molar-refractivity contribution in [3.8, 4) is 11.3 Å². The summed E-state index contributed by atoms with van der Waals surface area (Å²) in [6.45, 7) is 6.62. The van der Waals surface area contributed by atoms with E-state index in [4.69, 9.17) is 22.4 Å². The van der Waals surface area contributed by atoms with Gasteiger partial charge in [0, 0.05) is 23.0 Å². The largest absolute Gasteiger partial charge is 0.313 e. The maximum atomic E-state index is 6.15. The van der Waals surface area contributed by atoms with Gasteiger partial charge in [-0.2, -0.15) is 4.98 Å². The van der Waals surface area contributed by atoms with Gasteiger partial charge in [0.05, 0.1) is 11.2 Å². The number of nitrogens with two attached hydrogens (primary N) is 1. The molecular formula is C24H25ClN6. The molecule has 6 nitrogen and oxygen atoms in total. The van der Waals surface area contributed by atoms with E-state index in [0.717, 1.165) is 22.5 Å². The molecule has 0 fully saturated rings. The Labute approximate surface area is 187 Å². The summed E-state index contributed by atoms with van der Waals surface area (Å²) in [5.41, 5.74) is 6.58. The van der Waals surface area contributed by atoms with E-state index in [0.29, 0.717) is 22.3 Å². The van der Waals surface area contributed by atoms with Gasteiger partial charge in [0.25, 0.3) is 0 Å². The number of nitrogens with zero attached hydrogens (tertiary/aromatic N) is 4. The number of anilines is 3. The molecule has 0 atom stereocenters. The molecule has 0 aliphatic rings. The van der Waals surface area contributed by atoms with E-state index in [9.17, 15) is 0 Å². The number of hydrogen-bond acceptors (Lipinski definition) is 6. The van der Waals surface area contributed by atoms with Crippen LogP contribution >= 0.6 is 11.6 Å². The molecule has 0 saturated carbocycles. The number of halogens is 1. The van der Waals surface area contributed by atoms with Crippen LogP contribution in [0.4, 0.5) is 17.6 Å². The minimum atomic E-state index is 0.111. The minimum absolute atomic E-state index is 0.111. The second-order valence-corrected chi connectivity index (χ2v) is 8.88. The Bertz CT molecular complexity index is 1230. The molecule has 31 heavy (non-hydrogen) atoms. The summed E-state index contributed by atoms with van der Waals surface area (Å²) < 4.78 is 0. The van der Waals surface area contributed by atoms with E-state index < -0.39 is 0 Å². The van der Waals surface area contributed by atoms with Crippen LogP contribution in [0.3, 0.4) is 0 Å². The van der Waals surface area contributed by atoms with Crippen molar-refractivity contribution in [1.29, 1.82) is 0 Å². The van der Waals surface area contributed by atoms with E-state index in [2.05, 4.69) is 60.4 Å². The normalized spacial score (nSPS) is 11.5. The van der Waals surface area contributed by atoms with Crippen LogP contribution < -0.4 is 16.2 Å². The van der Waals surface area contributed by atoms with E-state index in [1.807, 2.05) is 42.3 Å². The summed E-state index contributed by atoms with van der Waals surface area (Å²) >= 11 is 6.15. The lowest BCUT2D eigenvalue weighted by Crippen LogP contribution is -2.17. The third-order valence-electron chi connectivity index (χ3n) is 5.21. The lowest BCUT2D eigenvalue weighted by molar-refractivity contribution is 0.590. The molecule has 0 amide bonds. The van der Waals surface area contributed by atoms with Crippen LogP contribution in [-0.4, -0.2) is 22.0 Å². The SMILES string of the molecule is CN(c1cccc(-c2ccc(C(C)(C)C)cc2)n1)c1nc(NN)nc2cc(Cl)ccc12. The Morgan fingerprint density at radius 1 is 0.935 bits per heavy atom. The molecule has 0 radical (unpaired) electrons. The molecule has 2 aromatic carbocycles. The zero-order valence-electron chi connectivity index (χ0n) is 18.0. The van der Waals surface area contributed by atoms with Gasteiger partial charge in [0.15, 0.2) is 0 Å². The Hall–Kier alpha value is -3.22. The number of pyridine rings is 1. The Morgan fingerprint density at radius 2 is 1.68 bits per heavy atom. The highest BCUT2D eigenvalue weighted by Gasteiger charge is 2.16. The standard InChI is InChI=1S/C24H25ClN6/c1-24(2,3)16-10-8-15(9-11-16)19-6-5-7-21(27-19)31(4)22-18-13-12-17(25)14-20(18)28-23(29-22)30-26/h5-14H,26H2,1-4H3,(H,28,29,30). The van der Waals surface area contributed by atoms with Crippen molar-refractivity contribution >= 4 is 40.1 Å². The molecule has 3 N–H and O–H groups in total. The number of benzene rings is 2. The van der Waals surface area contributed by atoms with Gasteiger partial charge in [-0.05, 0) is 41.3 Å². The first kappa shape index (κ1) is 21.0. The molecule has 0 unspecified atom stereocenters. The van der Waals surface area contributed by atoms with Crippen LogP contribution in [0.1, 0.15) is 26.3 Å². The zero-order chi connectivity index (χ0) is 22.2. The Morgan fingerprint density at radius 3 is 2.35 bits per heavy atom. The quantitative estimate of drug-likeness (QED) is 0.318. The van der Waals surface area contributed by atoms with Crippen LogP contribution in [0.5, 0.6) is 0 Å². The molecule has 2 heterocycles. The topological polar surface area (TPSA) is 80.0 Å². The van der Waals surface area contributed by atoms with Gasteiger partial charge in [0.2, 0.25) is 5.95 Å². The predicted octanol–water partition coefficient (Wildman–Crippen LogP) is 5.70. The number of fused-ring (bicyclic) bond motifs is 1. The number of hydrazine groups is 1. The fourth-order valence-electron chi connectivity index (χ4n) is 3.43. The van der Waals surface area contributed by atoms with Crippen LogP contribution in [0.25, 0.3) is 22.2 Å². The molecule has 0 spiro atoms. The molecule has 0 saturated heterocycles. The monoisotopic (exact) mass is 432 g/mol. The van der Waals surface area contributed by atoms with E-state index in [-0.39, 0.29) is 5.41 Å². The number of rotatable bonds is 4. The second kappa shape index (κ2) is 8.13. The lowest BCUT2D eigenvalue weighted by Gasteiger charge is -2.21. The average Bonchev–Trinajstić information content (AvgIpc) is 2.77. The van der Waals surface area contributed by atoms with Crippen LogP contribution in [-0.2, 0) is 5.41 Å². The Balaban J connectivity index is 1.75. The maximum absolute atomic E-state index is 6.15. The Kier molecular flexibility index (Phi) is 5.52. The van der Waals surface area contributed by atoms with Crippen molar-refractivity contribution < 1.29 is 0 Å². The summed E-state index contributed by atoms with van der Waals surface area (Å²) in [5.74, 6) is 7.34. The molecule has 4 aromatic rings. The van der Waals surface area contributed by atoms with Gasteiger partial charge >= 0.3 is 0 Å². The lowest BCUT2D eigenvalue weighted by atomic mass is 9.86. The smallest absolute Gasteiger partial charge is 0.239 e. The van der Waals surface area contributed by atoms with Crippen molar-refractivity contribution in [1.82, 2.24) is 15.0 Å². The van der Waals surface area contributed by atoms with Crippen LogP contribution in [0.15, 0.2) is 60.7 Å². The van der Waals surface area contributed by atoms with Gasteiger partial charge in [-0.25, -0.2) is 15.8 Å². The molecule has 0 aliphatic carbocycles. The molecule has 4 rings (SSSR count). The fraction of sp³-hybridized carbons (Fsp3) is 0.208. The van der Waals surface area contributed by atoms with Gasteiger partial charge in [-0.1, -0.05) is 62.7 Å². The summed E-state index contributed by atoms with van der Waals surface area (Å²) in [5, 5.41) is 1.45. The summed E-state index contributed by atoms with van der Waals surface area (Å²) in [4.78, 5) is 15.8. The summed E-state index contributed by atoms with van der Waals surface area (Å²) in [6, 6.07) is 20.0. The predicted molar refractivity (Wildman–Crippen MR) is 129 cm³/mol. The summed E-state index contributed by atoms with van der Waals surface area (Å²) in [6.07, 6.45) is 0. The maximum Gasteiger partial charge on any atom is 0.239 e. The van der Waals surface area contributed by atoms with Crippen LogP contribution in [0.2, 0.25) is 5.02 Å². The average molecular weight is 433 g/mol. The van der Waals surface area contributed by atoms with Gasteiger partial charge in [-0.15, -0.1) is 0 Å². The van der Waals surface area contributed by atoms with Crippen molar-refractivity contribution in [2.75, 3.05) is 17.4 Å². The van der Waals surface area contributed by atoms with Crippen molar-refractivity contribution in [2.45, 2.75) is 26.2 Å². The first-order valence-corrected chi connectivity index (χ1v) is 10.4. The highest BCUT2D eigenvalue weighted by atomic mass is 35.5. The van der Waals surface area contributed by atoms with Gasteiger partial charge in [-0.3, -0.25) is 5.43 Å². The first-order valence-electron chi connectivity index (χ1n) is 10.0. The van der Waals surface area contributed by atoms with Gasteiger partial charge < -0.3 is 4.90 Å². The van der Waals surface area contributed by atoms with Crippen molar-refractivity contribution in [2.24, 2.45) is 5.84 Å².